The molecule has 1 aromatic heterocycles. The van der Waals surface area contributed by atoms with E-state index in [9.17, 15) is 9.59 Å². The van der Waals surface area contributed by atoms with Crippen LogP contribution in [0, 0.1) is 0 Å². The molecule has 2 heterocycles. The highest BCUT2D eigenvalue weighted by Crippen LogP contribution is 2.34. The van der Waals surface area contributed by atoms with Gasteiger partial charge in [0, 0.05) is 19.4 Å². The lowest BCUT2D eigenvalue weighted by Gasteiger charge is -2.10. The second-order valence-electron chi connectivity index (χ2n) is 4.35. The number of carbonyl (C=O) groups is 2. The summed E-state index contributed by atoms with van der Waals surface area (Å²) in [5.74, 6) is 0.160. The van der Waals surface area contributed by atoms with Crippen molar-refractivity contribution < 1.29 is 9.59 Å². The van der Waals surface area contributed by atoms with Gasteiger partial charge in [-0.1, -0.05) is 11.3 Å². The number of aryl methyl sites for hydroxylation is 1. The van der Waals surface area contributed by atoms with E-state index in [1.165, 1.54) is 11.3 Å². The Bertz CT molecular complexity index is 500. The molecule has 0 saturated carbocycles. The molecule has 0 radical (unpaired) electrons. The molecular weight excluding hydrogens is 260 g/mol. The first-order valence-corrected chi connectivity index (χ1v) is 6.88. The number of hydrogen-bond donors (Lipinski definition) is 0. The van der Waals surface area contributed by atoms with Gasteiger partial charge in [0.25, 0.3) is 0 Å². The molecule has 1 aliphatic carbocycles. The number of Topliss-reactive ketones (excluding diaryl/α,β-unsaturated/α-hetero) is 1. The summed E-state index contributed by atoms with van der Waals surface area (Å²) >= 11 is 7.29. The van der Waals surface area contributed by atoms with E-state index in [2.05, 4.69) is 4.98 Å². The molecular formula is C11H11ClN2O2S. The number of amides is 1. The number of rotatable bonds is 1. The number of nitrogens with zero attached hydrogens (tertiary/aromatic N) is 2. The standard InChI is InChI=1S/C11H11ClN2O2S/c12-6-4-9(16)14(5-6)11-13-7-2-1-3-8(15)10(7)17-11/h6H,1-5H2. The Morgan fingerprint density at radius 1 is 1.35 bits per heavy atom. The van der Waals surface area contributed by atoms with Crippen molar-refractivity contribution in [2.45, 2.75) is 31.1 Å². The highest BCUT2D eigenvalue weighted by Gasteiger charge is 2.33. The molecule has 0 N–H and O–H groups in total. The van der Waals surface area contributed by atoms with Crippen LogP contribution in [0.1, 0.15) is 34.6 Å². The van der Waals surface area contributed by atoms with Gasteiger partial charge >= 0.3 is 0 Å². The summed E-state index contributed by atoms with van der Waals surface area (Å²) in [6.45, 7) is 0.501. The number of alkyl halides is 1. The molecule has 1 aliphatic heterocycles. The molecule has 6 heteroatoms. The SMILES string of the molecule is O=C1CCCc2nc(N3CC(Cl)CC3=O)sc21. The van der Waals surface area contributed by atoms with E-state index in [0.717, 1.165) is 23.4 Å². The van der Waals surface area contributed by atoms with Crippen LogP contribution in [0.3, 0.4) is 0 Å². The molecule has 1 fully saturated rings. The smallest absolute Gasteiger partial charge is 0.230 e. The fraction of sp³-hybridized carbons (Fsp3) is 0.545. The van der Waals surface area contributed by atoms with Crippen molar-refractivity contribution in [3.63, 3.8) is 0 Å². The molecule has 0 bridgehead atoms. The summed E-state index contributed by atoms with van der Waals surface area (Å²) in [7, 11) is 0. The average molecular weight is 271 g/mol. The quantitative estimate of drug-likeness (QED) is 0.734. The van der Waals surface area contributed by atoms with E-state index < -0.39 is 0 Å². The number of halogens is 1. The van der Waals surface area contributed by atoms with Crippen LogP contribution in [-0.4, -0.2) is 28.6 Å². The summed E-state index contributed by atoms with van der Waals surface area (Å²) in [4.78, 5) is 30.2. The third-order valence-electron chi connectivity index (χ3n) is 3.07. The molecule has 0 aromatic carbocycles. The van der Waals surface area contributed by atoms with Gasteiger partial charge in [0.1, 0.15) is 0 Å². The first kappa shape index (κ1) is 11.2. The van der Waals surface area contributed by atoms with Crippen molar-refractivity contribution in [1.29, 1.82) is 0 Å². The Morgan fingerprint density at radius 3 is 2.82 bits per heavy atom. The second kappa shape index (κ2) is 4.07. The van der Waals surface area contributed by atoms with Gasteiger partial charge in [0.05, 0.1) is 15.9 Å². The zero-order chi connectivity index (χ0) is 12.0. The zero-order valence-corrected chi connectivity index (χ0v) is 10.7. The lowest BCUT2D eigenvalue weighted by Crippen LogP contribution is -2.24. The van der Waals surface area contributed by atoms with E-state index in [1.807, 2.05) is 0 Å². The van der Waals surface area contributed by atoms with Crippen molar-refractivity contribution in [2.24, 2.45) is 0 Å². The summed E-state index contributed by atoms with van der Waals surface area (Å²) in [6, 6.07) is 0. The number of fused-ring (bicyclic) bond motifs is 1. The maximum atomic E-state index is 11.7. The van der Waals surface area contributed by atoms with Crippen LogP contribution in [0.5, 0.6) is 0 Å². The van der Waals surface area contributed by atoms with Crippen molar-refractivity contribution in [3.8, 4) is 0 Å². The minimum Gasteiger partial charge on any atom is -0.293 e. The van der Waals surface area contributed by atoms with Crippen LogP contribution >= 0.6 is 22.9 Å². The van der Waals surface area contributed by atoms with Gasteiger partial charge in [-0.15, -0.1) is 11.6 Å². The van der Waals surface area contributed by atoms with Gasteiger partial charge in [0.2, 0.25) is 5.91 Å². The van der Waals surface area contributed by atoms with Gasteiger partial charge in [-0.3, -0.25) is 14.5 Å². The molecule has 4 nitrogen and oxygen atoms in total. The molecule has 17 heavy (non-hydrogen) atoms. The predicted molar refractivity (Wildman–Crippen MR) is 66.0 cm³/mol. The molecule has 1 atom stereocenters. The maximum absolute atomic E-state index is 11.7. The molecule has 1 saturated heterocycles. The van der Waals surface area contributed by atoms with Gasteiger partial charge in [-0.25, -0.2) is 4.98 Å². The molecule has 90 valence electrons. The molecule has 0 spiro atoms. The van der Waals surface area contributed by atoms with Crippen LogP contribution in [0.15, 0.2) is 0 Å². The van der Waals surface area contributed by atoms with Crippen LogP contribution in [0.4, 0.5) is 5.13 Å². The topological polar surface area (TPSA) is 50.3 Å². The summed E-state index contributed by atoms with van der Waals surface area (Å²) in [5.41, 5.74) is 0.854. The third-order valence-corrected chi connectivity index (χ3v) is 4.52. The first-order valence-electron chi connectivity index (χ1n) is 5.62. The molecule has 3 rings (SSSR count). The number of carbonyl (C=O) groups excluding carboxylic acids is 2. The van der Waals surface area contributed by atoms with Crippen molar-refractivity contribution in [1.82, 2.24) is 4.98 Å². The normalized spacial score (nSPS) is 24.3. The highest BCUT2D eigenvalue weighted by atomic mass is 35.5. The van der Waals surface area contributed by atoms with E-state index in [4.69, 9.17) is 11.6 Å². The van der Waals surface area contributed by atoms with E-state index in [0.29, 0.717) is 24.5 Å². The highest BCUT2D eigenvalue weighted by molar-refractivity contribution is 7.17. The Balaban J connectivity index is 1.94. The summed E-state index contributed by atoms with van der Waals surface area (Å²) < 4.78 is 0. The van der Waals surface area contributed by atoms with Gasteiger partial charge in [-0.05, 0) is 12.8 Å². The van der Waals surface area contributed by atoms with Crippen LogP contribution < -0.4 is 4.90 Å². The van der Waals surface area contributed by atoms with Crippen molar-refractivity contribution in [3.05, 3.63) is 10.6 Å². The fourth-order valence-corrected chi connectivity index (χ4v) is 3.60. The minimum atomic E-state index is -0.140. The maximum Gasteiger partial charge on any atom is 0.230 e. The molecule has 1 aromatic rings. The largest absolute Gasteiger partial charge is 0.293 e. The predicted octanol–water partition coefficient (Wildman–Crippen LogP) is 2.01. The average Bonchev–Trinajstić information content (AvgIpc) is 2.82. The first-order chi connectivity index (χ1) is 8.15. The molecule has 2 aliphatic rings. The Kier molecular flexibility index (Phi) is 2.67. The number of thiazole rings is 1. The van der Waals surface area contributed by atoms with Gasteiger partial charge in [-0.2, -0.15) is 0 Å². The van der Waals surface area contributed by atoms with Gasteiger partial charge in [0.15, 0.2) is 10.9 Å². The van der Waals surface area contributed by atoms with Crippen molar-refractivity contribution >= 4 is 39.8 Å². The fourth-order valence-electron chi connectivity index (χ4n) is 2.22. The molecule has 1 unspecified atom stereocenters. The number of aromatic nitrogens is 1. The van der Waals surface area contributed by atoms with E-state index >= 15 is 0 Å². The van der Waals surface area contributed by atoms with Crippen LogP contribution in [-0.2, 0) is 11.2 Å². The van der Waals surface area contributed by atoms with E-state index in [1.54, 1.807) is 4.90 Å². The summed E-state index contributed by atoms with van der Waals surface area (Å²) in [5, 5.41) is 0.498. The van der Waals surface area contributed by atoms with Crippen molar-refractivity contribution in [2.75, 3.05) is 11.4 Å². The number of anilines is 1. The zero-order valence-electron chi connectivity index (χ0n) is 9.11. The Morgan fingerprint density at radius 2 is 2.18 bits per heavy atom. The minimum absolute atomic E-state index is 0.00328. The van der Waals surface area contributed by atoms with E-state index in [-0.39, 0.29) is 17.1 Å². The Labute approximate surface area is 108 Å². The molecule has 1 amide bonds. The number of ketones is 1. The van der Waals surface area contributed by atoms with Crippen LogP contribution in [0.2, 0.25) is 0 Å². The Hall–Kier alpha value is -0.940. The second-order valence-corrected chi connectivity index (χ2v) is 5.95. The summed E-state index contributed by atoms with van der Waals surface area (Å²) in [6.07, 6.45) is 2.66. The lowest BCUT2D eigenvalue weighted by atomic mass is 10.0. The lowest BCUT2D eigenvalue weighted by molar-refractivity contribution is -0.117. The number of hydrogen-bond acceptors (Lipinski definition) is 4. The monoisotopic (exact) mass is 270 g/mol. The third kappa shape index (κ3) is 1.87. The van der Waals surface area contributed by atoms with Gasteiger partial charge < -0.3 is 0 Å². The van der Waals surface area contributed by atoms with Crippen LogP contribution in [0.25, 0.3) is 0 Å².